The summed E-state index contributed by atoms with van der Waals surface area (Å²) >= 11 is 0. The Morgan fingerprint density at radius 3 is 0.664 bits per heavy atom. The van der Waals surface area contributed by atoms with Crippen LogP contribution in [0.3, 0.4) is 0 Å². The first-order valence-electron chi connectivity index (χ1n) is 38.0. The highest BCUT2D eigenvalue weighted by atomic mass is 15.3. The van der Waals surface area contributed by atoms with Crippen LogP contribution in [0.4, 0.5) is 69.0 Å². The molecule has 7 heterocycles. The second kappa shape index (κ2) is 30.5. The minimum Gasteiger partial charge on any atom is -0.292 e. The molecule has 0 bridgehead atoms. The second-order valence-electron chi connectivity index (χ2n) is 27.4. The minimum absolute atomic E-state index is 0.472. The molecule has 0 unspecified atom stereocenters. The fourth-order valence-corrected chi connectivity index (χ4v) is 15.7. The lowest BCUT2D eigenvalue weighted by Crippen LogP contribution is -2.20. The maximum absolute atomic E-state index is 5.54. The number of rotatable bonds is 20. The van der Waals surface area contributed by atoms with Gasteiger partial charge in [0, 0.05) is 157 Å². The Bertz CT molecular complexity index is 5770. The molecule has 20 aromatic rings. The first kappa shape index (κ1) is 69.0. The minimum atomic E-state index is 0.472. The summed E-state index contributed by atoms with van der Waals surface area (Å²) in [5.41, 5.74) is 16.3. The van der Waals surface area contributed by atoms with E-state index in [4.69, 9.17) is 64.8 Å². The van der Waals surface area contributed by atoms with Crippen LogP contribution in [0.1, 0.15) is 0 Å². The standard InChI is InChI=1S/C99H65N17/c1-9-28-66(29-10-1)74-44-25-26-45-79(74)113(94-88(101-52-58-107-94)68-32-13-3-14-33-68)81-64-83(115(96-90(103-54-60-109-96)70-36-17-5-18-37-70)97-91(104-55-61-110-97)71-38-19-6-20-39-71)77-49-50-78-84(116(98-92(105-56-62-111-98)72-40-21-7-22-41-72)99-93(106-57-63-112-99)73-42-23-8-24-43-73)65-82(76-48-47-75(81)85(77)86(76)78)114(80-46-27-51-100-87(80)67-30-11-2-12-31-67)95-89(102-53-59-108-95)69-34-15-4-16-35-69/h1-65H. The summed E-state index contributed by atoms with van der Waals surface area (Å²) in [6.07, 6.45) is 22.8. The summed E-state index contributed by atoms with van der Waals surface area (Å²) in [5, 5.41) is 4.86. The number of benzene rings is 13. The topological polar surface area (TPSA) is 181 Å². The van der Waals surface area contributed by atoms with Crippen molar-refractivity contribution in [2.24, 2.45) is 0 Å². The van der Waals surface area contributed by atoms with E-state index in [1.54, 1.807) is 74.4 Å². The van der Waals surface area contributed by atoms with E-state index in [2.05, 4.69) is 196 Å². The summed E-state index contributed by atoms with van der Waals surface area (Å²) in [5.74, 6) is 2.97. The van der Waals surface area contributed by atoms with Gasteiger partial charge in [-0.1, -0.05) is 285 Å². The Balaban J connectivity index is 1.03. The molecule has 0 amide bonds. The van der Waals surface area contributed by atoms with Crippen LogP contribution >= 0.6 is 0 Å². The van der Waals surface area contributed by atoms with E-state index in [1.165, 1.54) is 0 Å². The maximum Gasteiger partial charge on any atom is 0.165 e. The zero-order valence-corrected chi connectivity index (χ0v) is 62.1. The monoisotopic (exact) mass is 1490 g/mol. The zero-order valence-electron chi connectivity index (χ0n) is 62.1. The second-order valence-corrected chi connectivity index (χ2v) is 27.4. The average Bonchev–Trinajstić information content (AvgIpc) is 0.694. The smallest absolute Gasteiger partial charge is 0.165 e. The van der Waals surface area contributed by atoms with Crippen molar-refractivity contribution in [3.8, 4) is 89.9 Å². The van der Waals surface area contributed by atoms with Crippen molar-refractivity contribution >= 4 is 101 Å². The number of anilines is 12. The Morgan fingerprint density at radius 1 is 0.147 bits per heavy atom. The van der Waals surface area contributed by atoms with Gasteiger partial charge in [0.15, 0.2) is 34.9 Å². The van der Waals surface area contributed by atoms with Crippen LogP contribution in [0.2, 0.25) is 0 Å². The fourth-order valence-electron chi connectivity index (χ4n) is 15.7. The van der Waals surface area contributed by atoms with Crippen molar-refractivity contribution in [2.45, 2.75) is 0 Å². The van der Waals surface area contributed by atoms with Gasteiger partial charge in [0.2, 0.25) is 0 Å². The van der Waals surface area contributed by atoms with Gasteiger partial charge in [0.1, 0.15) is 34.2 Å². The molecule has 546 valence electrons. The number of hydrogen-bond acceptors (Lipinski definition) is 17. The van der Waals surface area contributed by atoms with Crippen molar-refractivity contribution < 1.29 is 0 Å². The molecule has 116 heavy (non-hydrogen) atoms. The van der Waals surface area contributed by atoms with E-state index >= 15 is 0 Å². The predicted molar refractivity (Wildman–Crippen MR) is 464 cm³/mol. The van der Waals surface area contributed by atoms with Gasteiger partial charge in [0.25, 0.3) is 0 Å². The summed E-state index contributed by atoms with van der Waals surface area (Å²) < 4.78 is 0. The van der Waals surface area contributed by atoms with Crippen molar-refractivity contribution in [1.29, 1.82) is 0 Å². The largest absolute Gasteiger partial charge is 0.292 e. The Kier molecular flexibility index (Phi) is 18.2. The van der Waals surface area contributed by atoms with Crippen LogP contribution in [-0.4, -0.2) is 64.8 Å². The van der Waals surface area contributed by atoms with Crippen LogP contribution in [0.15, 0.2) is 396 Å². The Morgan fingerprint density at radius 2 is 0.362 bits per heavy atom. The zero-order chi connectivity index (χ0) is 77.1. The molecular formula is C99H65N17. The highest BCUT2D eigenvalue weighted by molar-refractivity contribution is 6.33. The van der Waals surface area contributed by atoms with Crippen LogP contribution in [0, 0.1) is 0 Å². The highest BCUT2D eigenvalue weighted by Gasteiger charge is 2.36. The molecule has 0 spiro atoms. The normalized spacial score (nSPS) is 11.3. The molecule has 0 atom stereocenters. The molecule has 0 aliphatic carbocycles. The summed E-state index contributed by atoms with van der Waals surface area (Å²) in [6.45, 7) is 0. The number of aromatic nitrogens is 13. The molecule has 17 nitrogen and oxygen atoms in total. The van der Waals surface area contributed by atoms with E-state index in [1.807, 2.05) is 146 Å². The van der Waals surface area contributed by atoms with Gasteiger partial charge in [-0.15, -0.1) is 0 Å². The summed E-state index contributed by atoms with van der Waals surface area (Å²) in [7, 11) is 0. The third-order valence-electron chi connectivity index (χ3n) is 20.7. The van der Waals surface area contributed by atoms with E-state index in [0.717, 1.165) is 88.1 Å². The molecule has 0 aliphatic heterocycles. The average molecular weight is 1490 g/mol. The quantitative estimate of drug-likeness (QED) is 0.0657. The van der Waals surface area contributed by atoms with Gasteiger partial charge < -0.3 is 0 Å². The van der Waals surface area contributed by atoms with Gasteiger partial charge in [0.05, 0.1) is 39.8 Å². The van der Waals surface area contributed by atoms with Crippen LogP contribution in [0.5, 0.6) is 0 Å². The molecule has 0 aliphatic rings. The van der Waals surface area contributed by atoms with E-state index in [-0.39, 0.29) is 0 Å². The third-order valence-corrected chi connectivity index (χ3v) is 20.7. The van der Waals surface area contributed by atoms with Crippen molar-refractivity contribution in [2.75, 3.05) is 19.6 Å². The fraction of sp³-hybridized carbons (Fsp3) is 0. The molecule has 7 aromatic heterocycles. The molecule has 0 N–H and O–H groups in total. The Hall–Kier alpha value is -16.3. The van der Waals surface area contributed by atoms with Gasteiger partial charge in [-0.3, -0.25) is 54.5 Å². The predicted octanol–water partition coefficient (Wildman–Crippen LogP) is 23.9. The van der Waals surface area contributed by atoms with Crippen LogP contribution in [-0.2, 0) is 0 Å². The number of para-hydroxylation sites is 1. The van der Waals surface area contributed by atoms with Gasteiger partial charge in [-0.2, -0.15) is 0 Å². The molecule has 0 fully saturated rings. The summed E-state index contributed by atoms with van der Waals surface area (Å²) in [4.78, 5) is 78.9. The van der Waals surface area contributed by atoms with Crippen molar-refractivity contribution in [3.63, 3.8) is 0 Å². The summed E-state index contributed by atoms with van der Waals surface area (Å²) in [6, 6.07) is 108. The lowest BCUT2D eigenvalue weighted by atomic mass is 9.89. The lowest BCUT2D eigenvalue weighted by Gasteiger charge is -2.34. The highest BCUT2D eigenvalue weighted by Crippen LogP contribution is 2.58. The van der Waals surface area contributed by atoms with E-state index in [9.17, 15) is 0 Å². The molecule has 0 saturated heterocycles. The van der Waals surface area contributed by atoms with Crippen LogP contribution in [0.25, 0.3) is 122 Å². The van der Waals surface area contributed by atoms with Crippen molar-refractivity contribution in [1.82, 2.24) is 64.8 Å². The van der Waals surface area contributed by atoms with Crippen molar-refractivity contribution in [3.05, 3.63) is 396 Å². The molecule has 0 radical (unpaired) electrons. The molecule has 17 heteroatoms. The molecule has 0 saturated carbocycles. The molecule has 20 rings (SSSR count). The SMILES string of the molecule is c1ccc(-c2ccccc2N(c2nccnc2-c2ccccc2)c2cc(N(c3nccnc3-c3ccccc3)c3nccnc3-c3ccccc3)c3ccc4c(N(c5nccnc5-c5ccccc5)c5nccnc5-c5ccccc5)cc(N(c5cccnc5-c5ccccc5)c5nccnc5-c5ccccc5)c5ccc2c3c54)cc1. The van der Waals surface area contributed by atoms with Gasteiger partial charge in [-0.05, 0) is 35.9 Å². The first-order chi connectivity index (χ1) is 57.7. The van der Waals surface area contributed by atoms with E-state index in [0.29, 0.717) is 103 Å². The third kappa shape index (κ3) is 12.6. The number of nitrogens with zero attached hydrogens (tertiary/aromatic N) is 17. The van der Waals surface area contributed by atoms with E-state index < -0.39 is 0 Å². The maximum atomic E-state index is 5.54. The van der Waals surface area contributed by atoms with Gasteiger partial charge in [-0.25, -0.2) is 29.9 Å². The number of pyridine rings is 1. The lowest BCUT2D eigenvalue weighted by molar-refractivity contribution is 1.08. The number of hydrogen-bond donors (Lipinski definition) is 0. The first-order valence-corrected chi connectivity index (χ1v) is 38.0. The molecular weight excluding hydrogens is 1430 g/mol. The Labute approximate surface area is 667 Å². The van der Waals surface area contributed by atoms with Gasteiger partial charge >= 0.3 is 0 Å². The van der Waals surface area contributed by atoms with Crippen LogP contribution < -0.4 is 19.6 Å². The molecule has 13 aromatic carbocycles.